The molecular formula is C19H23N5O. The fourth-order valence-corrected chi connectivity index (χ4v) is 2.92. The van der Waals surface area contributed by atoms with Crippen molar-refractivity contribution >= 4 is 16.9 Å². The number of H-pyrrole nitrogens is 1. The molecule has 0 aliphatic carbocycles. The van der Waals surface area contributed by atoms with Crippen LogP contribution in [0.2, 0.25) is 0 Å². The molecule has 130 valence electrons. The monoisotopic (exact) mass is 337 g/mol. The quantitative estimate of drug-likeness (QED) is 0.647. The molecule has 0 atom stereocenters. The lowest BCUT2D eigenvalue weighted by molar-refractivity contribution is 0.240. The largest absolute Gasteiger partial charge is 0.361 e. The molecule has 2 amide bonds. The van der Waals surface area contributed by atoms with Crippen molar-refractivity contribution in [1.82, 2.24) is 25.6 Å². The number of para-hydroxylation sites is 1. The first-order chi connectivity index (χ1) is 12.2. The molecule has 0 aliphatic rings. The van der Waals surface area contributed by atoms with E-state index in [0.717, 1.165) is 18.5 Å². The van der Waals surface area contributed by atoms with Gasteiger partial charge in [-0.1, -0.05) is 25.1 Å². The van der Waals surface area contributed by atoms with Crippen molar-refractivity contribution in [3.63, 3.8) is 0 Å². The predicted octanol–water partition coefficient (Wildman–Crippen LogP) is 2.87. The zero-order chi connectivity index (χ0) is 17.6. The number of aryl methyl sites for hydroxylation is 2. The van der Waals surface area contributed by atoms with Crippen molar-refractivity contribution < 1.29 is 4.79 Å². The van der Waals surface area contributed by atoms with Crippen LogP contribution in [0.5, 0.6) is 0 Å². The van der Waals surface area contributed by atoms with Gasteiger partial charge in [-0.25, -0.2) is 14.8 Å². The first-order valence-electron chi connectivity index (χ1n) is 8.55. The second kappa shape index (κ2) is 7.79. The van der Waals surface area contributed by atoms with Crippen molar-refractivity contribution in [3.05, 3.63) is 59.3 Å². The van der Waals surface area contributed by atoms with E-state index in [9.17, 15) is 4.79 Å². The van der Waals surface area contributed by atoms with Gasteiger partial charge in [0.2, 0.25) is 0 Å². The number of aromatic amines is 1. The number of carbonyl (C=O) groups is 1. The van der Waals surface area contributed by atoms with E-state index in [1.807, 2.05) is 13.1 Å². The van der Waals surface area contributed by atoms with E-state index in [-0.39, 0.29) is 6.03 Å². The highest BCUT2D eigenvalue weighted by Crippen LogP contribution is 2.22. The summed E-state index contributed by atoms with van der Waals surface area (Å²) in [5, 5.41) is 6.94. The Morgan fingerprint density at radius 2 is 2.08 bits per heavy atom. The van der Waals surface area contributed by atoms with Crippen LogP contribution in [0.4, 0.5) is 4.79 Å². The number of hydrogen-bond acceptors (Lipinski definition) is 3. The molecule has 6 heteroatoms. The van der Waals surface area contributed by atoms with E-state index in [1.165, 1.54) is 22.0 Å². The Kier molecular flexibility index (Phi) is 5.28. The summed E-state index contributed by atoms with van der Waals surface area (Å²) in [5.74, 6) is 0.700. The number of nitrogens with zero attached hydrogens (tertiary/aromatic N) is 2. The van der Waals surface area contributed by atoms with Crippen LogP contribution >= 0.6 is 0 Å². The first kappa shape index (κ1) is 17.0. The smallest absolute Gasteiger partial charge is 0.315 e. The Balaban J connectivity index is 1.50. The molecule has 0 fully saturated rings. The second-order valence-electron chi connectivity index (χ2n) is 5.96. The van der Waals surface area contributed by atoms with Crippen LogP contribution in [-0.4, -0.2) is 27.5 Å². The molecule has 3 aromatic rings. The zero-order valence-corrected chi connectivity index (χ0v) is 14.6. The van der Waals surface area contributed by atoms with Gasteiger partial charge in [0.25, 0.3) is 0 Å². The average Bonchev–Trinajstić information content (AvgIpc) is 3.03. The van der Waals surface area contributed by atoms with Crippen molar-refractivity contribution in [3.8, 4) is 0 Å². The van der Waals surface area contributed by atoms with Gasteiger partial charge in [-0.15, -0.1) is 0 Å². The Labute approximate surface area is 147 Å². The third-order valence-electron chi connectivity index (χ3n) is 4.21. The van der Waals surface area contributed by atoms with Gasteiger partial charge in [0.05, 0.1) is 12.2 Å². The molecule has 25 heavy (non-hydrogen) atoms. The first-order valence-corrected chi connectivity index (χ1v) is 8.55. The third kappa shape index (κ3) is 4.15. The highest BCUT2D eigenvalue weighted by molar-refractivity contribution is 5.86. The fourth-order valence-electron chi connectivity index (χ4n) is 2.92. The van der Waals surface area contributed by atoms with Crippen LogP contribution in [0.1, 0.15) is 29.6 Å². The molecule has 0 saturated heterocycles. The summed E-state index contributed by atoms with van der Waals surface area (Å²) in [6, 6.07) is 7.96. The highest BCUT2D eigenvalue weighted by atomic mass is 16.2. The van der Waals surface area contributed by atoms with Gasteiger partial charge in [-0.2, -0.15) is 0 Å². The van der Waals surface area contributed by atoms with E-state index in [2.05, 4.69) is 50.7 Å². The zero-order valence-electron chi connectivity index (χ0n) is 14.6. The Morgan fingerprint density at radius 1 is 1.20 bits per heavy atom. The van der Waals surface area contributed by atoms with Crippen LogP contribution in [0, 0.1) is 6.92 Å². The minimum absolute atomic E-state index is 0.189. The Morgan fingerprint density at radius 3 is 2.88 bits per heavy atom. The highest BCUT2D eigenvalue weighted by Gasteiger charge is 2.07. The SMILES string of the molecule is CCc1cccc2c(CCNC(=O)NCc3ccnc(C)n3)c[nH]c12. The van der Waals surface area contributed by atoms with Gasteiger partial charge < -0.3 is 15.6 Å². The number of benzene rings is 1. The number of hydrogen-bond donors (Lipinski definition) is 3. The molecular weight excluding hydrogens is 314 g/mol. The Hall–Kier alpha value is -2.89. The van der Waals surface area contributed by atoms with E-state index in [0.29, 0.717) is 18.9 Å². The maximum Gasteiger partial charge on any atom is 0.315 e. The normalized spacial score (nSPS) is 10.8. The van der Waals surface area contributed by atoms with Crippen LogP contribution in [0.25, 0.3) is 10.9 Å². The molecule has 0 bridgehead atoms. The van der Waals surface area contributed by atoms with Gasteiger partial charge in [-0.05, 0) is 37.0 Å². The lowest BCUT2D eigenvalue weighted by Gasteiger charge is -2.07. The minimum Gasteiger partial charge on any atom is -0.361 e. The van der Waals surface area contributed by atoms with Gasteiger partial charge in [-0.3, -0.25) is 0 Å². The summed E-state index contributed by atoms with van der Waals surface area (Å²) in [7, 11) is 0. The summed E-state index contributed by atoms with van der Waals surface area (Å²) in [5.41, 5.74) is 4.53. The van der Waals surface area contributed by atoms with Crippen molar-refractivity contribution in [1.29, 1.82) is 0 Å². The molecule has 0 saturated carbocycles. The minimum atomic E-state index is -0.189. The number of aromatic nitrogens is 3. The molecule has 6 nitrogen and oxygen atoms in total. The van der Waals surface area contributed by atoms with E-state index in [4.69, 9.17) is 0 Å². The summed E-state index contributed by atoms with van der Waals surface area (Å²) in [6.45, 7) is 4.95. The van der Waals surface area contributed by atoms with Crippen LogP contribution in [0.3, 0.4) is 0 Å². The second-order valence-corrected chi connectivity index (χ2v) is 5.96. The number of urea groups is 1. The molecule has 0 aliphatic heterocycles. The number of amides is 2. The summed E-state index contributed by atoms with van der Waals surface area (Å²) < 4.78 is 0. The molecule has 0 radical (unpaired) electrons. The van der Waals surface area contributed by atoms with Crippen LogP contribution < -0.4 is 10.6 Å². The summed E-state index contributed by atoms with van der Waals surface area (Å²) in [6.07, 6.45) is 5.51. The molecule has 0 spiro atoms. The number of carbonyl (C=O) groups excluding carboxylic acids is 1. The standard InChI is InChI=1S/C19H23N5O/c1-3-14-5-4-6-17-15(11-22-18(14)17)7-9-21-19(25)23-12-16-8-10-20-13(2)24-16/h4-6,8,10-11,22H,3,7,9,12H2,1-2H3,(H2,21,23,25). The maximum atomic E-state index is 11.9. The fraction of sp³-hybridized carbons (Fsp3) is 0.316. The lowest BCUT2D eigenvalue weighted by Crippen LogP contribution is -2.36. The van der Waals surface area contributed by atoms with E-state index < -0.39 is 0 Å². The summed E-state index contributed by atoms with van der Waals surface area (Å²) >= 11 is 0. The van der Waals surface area contributed by atoms with E-state index in [1.54, 1.807) is 12.3 Å². The molecule has 2 aromatic heterocycles. The maximum absolute atomic E-state index is 11.9. The number of nitrogens with one attached hydrogen (secondary N) is 3. The molecule has 0 unspecified atom stereocenters. The van der Waals surface area contributed by atoms with Crippen LogP contribution in [0.15, 0.2) is 36.7 Å². The molecule has 3 N–H and O–H groups in total. The number of fused-ring (bicyclic) bond motifs is 1. The van der Waals surface area contributed by atoms with Crippen molar-refractivity contribution in [2.75, 3.05) is 6.54 Å². The van der Waals surface area contributed by atoms with Crippen LogP contribution in [-0.2, 0) is 19.4 Å². The predicted molar refractivity (Wildman–Crippen MR) is 98.4 cm³/mol. The van der Waals surface area contributed by atoms with Gasteiger partial charge >= 0.3 is 6.03 Å². The average molecular weight is 337 g/mol. The van der Waals surface area contributed by atoms with Gasteiger partial charge in [0, 0.05) is 29.8 Å². The topological polar surface area (TPSA) is 82.7 Å². The lowest BCUT2D eigenvalue weighted by atomic mass is 10.1. The Bertz CT molecular complexity index is 871. The molecule has 3 rings (SSSR count). The van der Waals surface area contributed by atoms with Crippen molar-refractivity contribution in [2.45, 2.75) is 33.2 Å². The van der Waals surface area contributed by atoms with Gasteiger partial charge in [0.1, 0.15) is 5.82 Å². The molecule has 1 aromatic carbocycles. The summed E-state index contributed by atoms with van der Waals surface area (Å²) in [4.78, 5) is 23.6. The third-order valence-corrected chi connectivity index (χ3v) is 4.21. The molecule has 2 heterocycles. The number of rotatable bonds is 6. The van der Waals surface area contributed by atoms with Gasteiger partial charge in [0.15, 0.2) is 0 Å². The van der Waals surface area contributed by atoms with E-state index >= 15 is 0 Å². The van der Waals surface area contributed by atoms with Crippen molar-refractivity contribution in [2.24, 2.45) is 0 Å².